The minimum absolute atomic E-state index is 0.0473. The van der Waals surface area contributed by atoms with Gasteiger partial charge in [-0.1, -0.05) is 12.1 Å². The fourth-order valence-corrected chi connectivity index (χ4v) is 4.42. The molecule has 8 heteroatoms. The maximum absolute atomic E-state index is 12.2. The van der Waals surface area contributed by atoms with Crippen LogP contribution in [0.3, 0.4) is 0 Å². The number of hydrogen-bond donors (Lipinski definition) is 1. The third-order valence-electron chi connectivity index (χ3n) is 4.85. The standard InChI is InChI=1S/C22H26N4O3S/c1-14-10-15(2)26(25-14)21-24-17(13-30-21)8-9-23-19(27)12-28-18-7-5-6-16-11-22(3,4)29-20(16)18/h5-7,10,13H,8-9,11-12H2,1-4H3,(H,23,27). The summed E-state index contributed by atoms with van der Waals surface area (Å²) in [5.41, 5.74) is 3.82. The van der Waals surface area contributed by atoms with Gasteiger partial charge in [-0.15, -0.1) is 11.3 Å². The summed E-state index contributed by atoms with van der Waals surface area (Å²) < 4.78 is 13.5. The average molecular weight is 427 g/mol. The molecule has 0 spiro atoms. The Balaban J connectivity index is 1.26. The summed E-state index contributed by atoms with van der Waals surface area (Å²) in [5, 5.41) is 10.2. The van der Waals surface area contributed by atoms with E-state index >= 15 is 0 Å². The average Bonchev–Trinajstić information content (AvgIpc) is 3.35. The molecule has 1 N–H and O–H groups in total. The molecule has 1 aliphatic rings. The summed E-state index contributed by atoms with van der Waals surface area (Å²) in [6.45, 7) is 8.51. The molecule has 3 heterocycles. The molecule has 2 aromatic heterocycles. The Hall–Kier alpha value is -2.87. The van der Waals surface area contributed by atoms with Gasteiger partial charge in [0.1, 0.15) is 5.60 Å². The first-order valence-electron chi connectivity index (χ1n) is 9.99. The molecular formula is C22H26N4O3S. The summed E-state index contributed by atoms with van der Waals surface area (Å²) in [4.78, 5) is 16.8. The number of para-hydroxylation sites is 1. The zero-order valence-electron chi connectivity index (χ0n) is 17.7. The highest BCUT2D eigenvalue weighted by atomic mass is 32.1. The lowest BCUT2D eigenvalue weighted by atomic mass is 10.0. The minimum Gasteiger partial charge on any atom is -0.483 e. The molecule has 1 aliphatic heterocycles. The molecule has 1 aromatic carbocycles. The smallest absolute Gasteiger partial charge is 0.257 e. The van der Waals surface area contributed by atoms with Crippen LogP contribution in [-0.2, 0) is 17.6 Å². The Labute approximate surface area is 180 Å². The molecule has 30 heavy (non-hydrogen) atoms. The molecule has 0 aliphatic carbocycles. The number of carbonyl (C=O) groups is 1. The van der Waals surface area contributed by atoms with Crippen LogP contribution in [0.2, 0.25) is 0 Å². The molecule has 1 amide bonds. The number of nitrogens with one attached hydrogen (secondary N) is 1. The highest BCUT2D eigenvalue weighted by molar-refractivity contribution is 7.12. The highest BCUT2D eigenvalue weighted by Crippen LogP contribution is 2.41. The number of ether oxygens (including phenoxy) is 2. The first kappa shape index (κ1) is 20.4. The van der Waals surface area contributed by atoms with Crippen LogP contribution in [0.5, 0.6) is 11.5 Å². The van der Waals surface area contributed by atoms with Gasteiger partial charge in [-0.25, -0.2) is 9.67 Å². The zero-order chi connectivity index (χ0) is 21.3. The summed E-state index contributed by atoms with van der Waals surface area (Å²) in [5.74, 6) is 1.19. The zero-order valence-corrected chi connectivity index (χ0v) is 18.5. The second-order valence-corrected chi connectivity index (χ2v) is 8.97. The molecule has 7 nitrogen and oxygen atoms in total. The Morgan fingerprint density at radius 2 is 2.20 bits per heavy atom. The summed E-state index contributed by atoms with van der Waals surface area (Å²) in [6, 6.07) is 7.82. The van der Waals surface area contributed by atoms with Crippen molar-refractivity contribution in [1.82, 2.24) is 20.1 Å². The number of amides is 1. The third kappa shape index (κ3) is 4.48. The van der Waals surface area contributed by atoms with Gasteiger partial charge in [-0.2, -0.15) is 5.10 Å². The first-order valence-corrected chi connectivity index (χ1v) is 10.9. The van der Waals surface area contributed by atoms with E-state index in [1.54, 1.807) is 11.3 Å². The second-order valence-electron chi connectivity index (χ2n) is 8.13. The first-order chi connectivity index (χ1) is 14.3. The van der Waals surface area contributed by atoms with Crippen molar-refractivity contribution in [1.29, 1.82) is 0 Å². The minimum atomic E-state index is -0.246. The van der Waals surface area contributed by atoms with E-state index in [-0.39, 0.29) is 18.1 Å². The number of hydrogen-bond acceptors (Lipinski definition) is 6. The van der Waals surface area contributed by atoms with Gasteiger partial charge >= 0.3 is 0 Å². The predicted molar refractivity (Wildman–Crippen MR) is 116 cm³/mol. The number of rotatable bonds is 7. The molecule has 0 unspecified atom stereocenters. The summed E-state index contributed by atoms with van der Waals surface area (Å²) in [7, 11) is 0. The molecule has 0 radical (unpaired) electrons. The Morgan fingerprint density at radius 3 is 2.97 bits per heavy atom. The van der Waals surface area contributed by atoms with Crippen molar-refractivity contribution in [2.45, 2.75) is 46.1 Å². The second kappa shape index (κ2) is 8.10. The van der Waals surface area contributed by atoms with Crippen LogP contribution >= 0.6 is 11.3 Å². The van der Waals surface area contributed by atoms with Gasteiger partial charge in [0.2, 0.25) is 5.13 Å². The van der Waals surface area contributed by atoms with E-state index in [9.17, 15) is 4.79 Å². The number of aromatic nitrogens is 3. The van der Waals surface area contributed by atoms with E-state index in [1.807, 2.05) is 62.0 Å². The van der Waals surface area contributed by atoms with Crippen LogP contribution in [-0.4, -0.2) is 39.4 Å². The molecule has 0 fully saturated rings. The normalized spacial score (nSPS) is 14.3. The summed E-state index contributed by atoms with van der Waals surface area (Å²) in [6.07, 6.45) is 1.48. The van der Waals surface area contributed by atoms with Crippen molar-refractivity contribution in [3.05, 3.63) is 52.3 Å². The molecular weight excluding hydrogens is 400 g/mol. The fourth-order valence-electron chi connectivity index (χ4n) is 3.56. The Bertz CT molecular complexity index is 1070. The largest absolute Gasteiger partial charge is 0.483 e. The van der Waals surface area contributed by atoms with Crippen LogP contribution in [0, 0.1) is 13.8 Å². The van der Waals surface area contributed by atoms with Crippen molar-refractivity contribution in [3.8, 4) is 16.6 Å². The number of aryl methyl sites for hydroxylation is 2. The van der Waals surface area contributed by atoms with Crippen molar-refractivity contribution >= 4 is 17.2 Å². The van der Waals surface area contributed by atoms with Crippen molar-refractivity contribution in [3.63, 3.8) is 0 Å². The van der Waals surface area contributed by atoms with Gasteiger partial charge in [-0.3, -0.25) is 4.79 Å². The van der Waals surface area contributed by atoms with E-state index in [4.69, 9.17) is 9.47 Å². The number of benzene rings is 1. The van der Waals surface area contributed by atoms with E-state index in [2.05, 4.69) is 15.4 Å². The number of carbonyl (C=O) groups excluding carboxylic acids is 1. The van der Waals surface area contributed by atoms with Crippen LogP contribution in [0.1, 0.15) is 36.5 Å². The monoisotopic (exact) mass is 426 g/mol. The Morgan fingerprint density at radius 1 is 1.37 bits per heavy atom. The molecule has 3 aromatic rings. The lowest BCUT2D eigenvalue weighted by molar-refractivity contribution is -0.123. The lowest BCUT2D eigenvalue weighted by Gasteiger charge is -2.18. The molecule has 4 rings (SSSR count). The molecule has 0 bridgehead atoms. The molecule has 0 saturated heterocycles. The number of nitrogens with zero attached hydrogens (tertiary/aromatic N) is 3. The van der Waals surface area contributed by atoms with Gasteiger partial charge < -0.3 is 14.8 Å². The quantitative estimate of drug-likeness (QED) is 0.627. The van der Waals surface area contributed by atoms with Crippen LogP contribution in [0.25, 0.3) is 5.13 Å². The van der Waals surface area contributed by atoms with E-state index < -0.39 is 0 Å². The van der Waals surface area contributed by atoms with E-state index in [1.165, 1.54) is 0 Å². The van der Waals surface area contributed by atoms with Crippen LogP contribution in [0.4, 0.5) is 0 Å². The van der Waals surface area contributed by atoms with Crippen molar-refractivity contribution in [2.75, 3.05) is 13.2 Å². The Kier molecular flexibility index (Phi) is 5.51. The maximum Gasteiger partial charge on any atom is 0.257 e. The van der Waals surface area contributed by atoms with Crippen molar-refractivity contribution < 1.29 is 14.3 Å². The van der Waals surface area contributed by atoms with Crippen LogP contribution < -0.4 is 14.8 Å². The predicted octanol–water partition coefficient (Wildman–Crippen LogP) is 3.40. The lowest BCUT2D eigenvalue weighted by Crippen LogP contribution is -2.30. The van der Waals surface area contributed by atoms with E-state index in [0.717, 1.165) is 39.9 Å². The van der Waals surface area contributed by atoms with Gasteiger partial charge in [0, 0.05) is 36.0 Å². The molecule has 0 saturated carbocycles. The topological polar surface area (TPSA) is 78.3 Å². The number of thiazole rings is 1. The van der Waals surface area contributed by atoms with Crippen LogP contribution in [0.15, 0.2) is 29.6 Å². The van der Waals surface area contributed by atoms with Gasteiger partial charge in [0.15, 0.2) is 18.1 Å². The molecule has 158 valence electrons. The summed E-state index contributed by atoms with van der Waals surface area (Å²) >= 11 is 1.55. The van der Waals surface area contributed by atoms with Gasteiger partial charge in [-0.05, 0) is 39.8 Å². The van der Waals surface area contributed by atoms with E-state index in [0.29, 0.717) is 18.7 Å². The third-order valence-corrected chi connectivity index (χ3v) is 5.71. The van der Waals surface area contributed by atoms with Gasteiger partial charge in [0.05, 0.1) is 11.4 Å². The van der Waals surface area contributed by atoms with Crippen molar-refractivity contribution in [2.24, 2.45) is 0 Å². The molecule has 0 atom stereocenters. The van der Waals surface area contributed by atoms with Gasteiger partial charge in [0.25, 0.3) is 5.91 Å². The maximum atomic E-state index is 12.2. The SMILES string of the molecule is Cc1cc(C)n(-c2nc(CCNC(=O)COc3cccc4c3OC(C)(C)C4)cs2)n1. The number of fused-ring (bicyclic) bond motifs is 1. The highest BCUT2D eigenvalue weighted by Gasteiger charge is 2.32. The fraction of sp³-hybridized carbons (Fsp3) is 0.409.